The van der Waals surface area contributed by atoms with Crippen LogP contribution in [0.4, 0.5) is 17.6 Å². The van der Waals surface area contributed by atoms with E-state index in [1.807, 2.05) is 0 Å². The van der Waals surface area contributed by atoms with Gasteiger partial charge in [-0.15, -0.1) is 12.4 Å². The summed E-state index contributed by atoms with van der Waals surface area (Å²) in [5.74, 6) is -1.31. The summed E-state index contributed by atoms with van der Waals surface area (Å²) in [5.41, 5.74) is 9.50. The highest BCUT2D eigenvalue weighted by atomic mass is 35.5. The van der Waals surface area contributed by atoms with Gasteiger partial charge in [-0.2, -0.15) is 13.2 Å². The SMILES string of the molecule is Cl.NC[C@H](N)c1ccc(F)c(C(F)(F)F)c1. The minimum Gasteiger partial charge on any atom is -0.329 e. The van der Waals surface area contributed by atoms with Crippen LogP contribution in [0.25, 0.3) is 0 Å². The molecule has 2 nitrogen and oxygen atoms in total. The molecule has 0 spiro atoms. The van der Waals surface area contributed by atoms with Crippen LogP contribution in [-0.2, 0) is 6.18 Å². The average molecular weight is 259 g/mol. The topological polar surface area (TPSA) is 52.0 Å². The predicted octanol–water partition coefficient (Wildman–Crippen LogP) is 2.22. The number of nitrogens with two attached hydrogens (primary N) is 2. The largest absolute Gasteiger partial charge is 0.419 e. The summed E-state index contributed by atoms with van der Waals surface area (Å²) in [4.78, 5) is 0. The molecule has 4 N–H and O–H groups in total. The number of halogens is 5. The standard InChI is InChI=1S/C9H10F4N2.ClH/c10-7-2-1-5(8(15)4-14)3-6(7)9(11,12)13;/h1-3,8H,4,14-15H2;1H/t8-;/m0./s1. The predicted molar refractivity (Wildman–Crippen MR) is 54.6 cm³/mol. The van der Waals surface area contributed by atoms with Gasteiger partial charge in [-0.1, -0.05) is 6.07 Å². The van der Waals surface area contributed by atoms with Crippen LogP contribution in [0, 0.1) is 5.82 Å². The molecular formula is C9H11ClF4N2. The highest BCUT2D eigenvalue weighted by molar-refractivity contribution is 5.85. The normalized spacial score (nSPS) is 13.1. The molecule has 0 amide bonds. The molecule has 0 aliphatic heterocycles. The maximum atomic E-state index is 12.8. The Morgan fingerprint density at radius 1 is 1.25 bits per heavy atom. The van der Waals surface area contributed by atoms with Gasteiger partial charge in [-0.3, -0.25) is 0 Å². The average Bonchev–Trinajstić information content (AvgIpc) is 2.15. The first-order chi connectivity index (χ1) is 6.86. The Bertz CT molecular complexity index is 354. The monoisotopic (exact) mass is 258 g/mol. The van der Waals surface area contributed by atoms with Crippen molar-refractivity contribution in [2.24, 2.45) is 11.5 Å². The lowest BCUT2D eigenvalue weighted by molar-refractivity contribution is -0.140. The third-order valence-corrected chi connectivity index (χ3v) is 1.98. The molecule has 7 heteroatoms. The van der Waals surface area contributed by atoms with E-state index in [0.717, 1.165) is 6.07 Å². The fourth-order valence-corrected chi connectivity index (χ4v) is 1.13. The Balaban J connectivity index is 0.00000225. The van der Waals surface area contributed by atoms with Gasteiger partial charge < -0.3 is 11.5 Å². The fraction of sp³-hybridized carbons (Fsp3) is 0.333. The molecule has 1 rings (SSSR count). The summed E-state index contributed by atoms with van der Waals surface area (Å²) in [7, 11) is 0. The molecule has 0 saturated carbocycles. The third kappa shape index (κ3) is 3.33. The Morgan fingerprint density at radius 2 is 1.81 bits per heavy atom. The first-order valence-corrected chi connectivity index (χ1v) is 4.18. The van der Waals surface area contributed by atoms with Gasteiger partial charge in [0.2, 0.25) is 0 Å². The second kappa shape index (κ2) is 5.47. The minimum absolute atomic E-state index is 0. The second-order valence-corrected chi connectivity index (χ2v) is 3.08. The molecule has 0 aromatic heterocycles. The smallest absolute Gasteiger partial charge is 0.329 e. The van der Waals surface area contributed by atoms with Crippen molar-refractivity contribution >= 4 is 12.4 Å². The molecule has 1 aromatic rings. The lowest BCUT2D eigenvalue weighted by Gasteiger charge is -2.13. The summed E-state index contributed by atoms with van der Waals surface area (Å²) in [6.07, 6.45) is -4.71. The van der Waals surface area contributed by atoms with Crippen LogP contribution in [0.3, 0.4) is 0 Å². The van der Waals surface area contributed by atoms with Gasteiger partial charge in [0, 0.05) is 12.6 Å². The van der Waals surface area contributed by atoms with Crippen LogP contribution in [0.5, 0.6) is 0 Å². The lowest BCUT2D eigenvalue weighted by Crippen LogP contribution is -2.21. The first-order valence-electron chi connectivity index (χ1n) is 4.18. The van der Waals surface area contributed by atoms with E-state index in [-0.39, 0.29) is 24.5 Å². The van der Waals surface area contributed by atoms with E-state index < -0.39 is 23.6 Å². The Kier molecular flexibility index (Phi) is 5.18. The Morgan fingerprint density at radius 3 is 2.25 bits per heavy atom. The Hall–Kier alpha value is -0.850. The van der Waals surface area contributed by atoms with E-state index in [9.17, 15) is 17.6 Å². The maximum absolute atomic E-state index is 12.8. The zero-order chi connectivity index (χ0) is 11.6. The van der Waals surface area contributed by atoms with Crippen LogP contribution in [0.2, 0.25) is 0 Å². The van der Waals surface area contributed by atoms with Gasteiger partial charge in [0.15, 0.2) is 0 Å². The minimum atomic E-state index is -4.71. The molecular weight excluding hydrogens is 248 g/mol. The molecule has 0 heterocycles. The highest BCUT2D eigenvalue weighted by Gasteiger charge is 2.34. The number of rotatable bonds is 2. The molecule has 0 bridgehead atoms. The quantitative estimate of drug-likeness (QED) is 0.799. The van der Waals surface area contributed by atoms with E-state index in [1.165, 1.54) is 6.07 Å². The summed E-state index contributed by atoms with van der Waals surface area (Å²) in [5, 5.41) is 0. The first kappa shape index (κ1) is 15.2. The van der Waals surface area contributed by atoms with Crippen LogP contribution < -0.4 is 11.5 Å². The van der Waals surface area contributed by atoms with Crippen molar-refractivity contribution in [1.82, 2.24) is 0 Å². The maximum Gasteiger partial charge on any atom is 0.419 e. The zero-order valence-corrected chi connectivity index (χ0v) is 8.91. The van der Waals surface area contributed by atoms with E-state index in [1.54, 1.807) is 0 Å². The van der Waals surface area contributed by atoms with Crippen molar-refractivity contribution < 1.29 is 17.6 Å². The molecule has 0 unspecified atom stereocenters. The van der Waals surface area contributed by atoms with Crippen molar-refractivity contribution in [3.63, 3.8) is 0 Å². The van der Waals surface area contributed by atoms with Crippen molar-refractivity contribution in [3.8, 4) is 0 Å². The van der Waals surface area contributed by atoms with Gasteiger partial charge in [-0.05, 0) is 17.7 Å². The van der Waals surface area contributed by atoms with Crippen molar-refractivity contribution in [2.45, 2.75) is 12.2 Å². The molecule has 16 heavy (non-hydrogen) atoms. The number of hydrogen-bond acceptors (Lipinski definition) is 2. The van der Waals surface area contributed by atoms with Crippen LogP contribution in [-0.4, -0.2) is 6.54 Å². The fourth-order valence-electron chi connectivity index (χ4n) is 1.13. The van der Waals surface area contributed by atoms with Gasteiger partial charge in [0.1, 0.15) is 5.82 Å². The molecule has 92 valence electrons. The van der Waals surface area contributed by atoms with E-state index >= 15 is 0 Å². The van der Waals surface area contributed by atoms with Crippen molar-refractivity contribution in [1.29, 1.82) is 0 Å². The molecule has 0 radical (unpaired) electrons. The van der Waals surface area contributed by atoms with Gasteiger partial charge in [0.05, 0.1) is 5.56 Å². The van der Waals surface area contributed by atoms with Crippen molar-refractivity contribution in [2.75, 3.05) is 6.54 Å². The van der Waals surface area contributed by atoms with Crippen LogP contribution in [0.15, 0.2) is 18.2 Å². The zero-order valence-electron chi connectivity index (χ0n) is 8.09. The molecule has 1 aromatic carbocycles. The summed E-state index contributed by atoms with van der Waals surface area (Å²) in [6.45, 7) is 0.00291. The van der Waals surface area contributed by atoms with Crippen molar-refractivity contribution in [3.05, 3.63) is 35.1 Å². The molecule has 1 atom stereocenters. The summed E-state index contributed by atoms with van der Waals surface area (Å²) in [6, 6.07) is 1.91. The van der Waals surface area contributed by atoms with Gasteiger partial charge in [-0.25, -0.2) is 4.39 Å². The van der Waals surface area contributed by atoms with E-state index in [2.05, 4.69) is 0 Å². The van der Waals surface area contributed by atoms with E-state index in [0.29, 0.717) is 6.07 Å². The van der Waals surface area contributed by atoms with Crippen LogP contribution in [0.1, 0.15) is 17.2 Å². The summed E-state index contributed by atoms with van der Waals surface area (Å²) >= 11 is 0. The molecule has 0 fully saturated rings. The number of benzene rings is 1. The lowest BCUT2D eigenvalue weighted by atomic mass is 10.0. The number of hydrogen-bond donors (Lipinski definition) is 2. The molecule has 0 aliphatic carbocycles. The third-order valence-electron chi connectivity index (χ3n) is 1.98. The van der Waals surface area contributed by atoms with Gasteiger partial charge >= 0.3 is 6.18 Å². The number of alkyl halides is 3. The Labute approximate surface area is 96.0 Å². The molecule has 0 saturated heterocycles. The molecule has 0 aliphatic rings. The summed E-state index contributed by atoms with van der Waals surface area (Å²) < 4.78 is 49.7. The van der Waals surface area contributed by atoms with Crippen LogP contribution >= 0.6 is 12.4 Å². The highest BCUT2D eigenvalue weighted by Crippen LogP contribution is 2.32. The van der Waals surface area contributed by atoms with E-state index in [4.69, 9.17) is 11.5 Å². The van der Waals surface area contributed by atoms with Gasteiger partial charge in [0.25, 0.3) is 0 Å². The second-order valence-electron chi connectivity index (χ2n) is 3.08.